The zero-order valence-corrected chi connectivity index (χ0v) is 19.5. The van der Waals surface area contributed by atoms with Gasteiger partial charge in [-0.3, -0.25) is 4.79 Å². The third kappa shape index (κ3) is 7.32. The van der Waals surface area contributed by atoms with E-state index in [0.29, 0.717) is 27.2 Å². The van der Waals surface area contributed by atoms with E-state index in [4.69, 9.17) is 27.9 Å². The quantitative estimate of drug-likeness (QED) is 0.422. The molecule has 0 radical (unpaired) electrons. The molecular formula is C22H25Cl2N3O5. The SMILES string of the molecule is CC(C)C(NC(=O)C(C)(C)Oc1ccc(NC(=O)Nc2cc(Cl)cc(Cl)c2)cc1)C(=O)O. The van der Waals surface area contributed by atoms with Crippen molar-refractivity contribution >= 4 is 52.5 Å². The Morgan fingerprint density at radius 2 is 1.47 bits per heavy atom. The summed E-state index contributed by atoms with van der Waals surface area (Å²) in [4.78, 5) is 36.0. The lowest BCUT2D eigenvalue weighted by Crippen LogP contribution is -2.53. The van der Waals surface area contributed by atoms with Crippen LogP contribution in [0, 0.1) is 5.92 Å². The van der Waals surface area contributed by atoms with Crippen molar-refractivity contribution in [3.8, 4) is 5.75 Å². The van der Waals surface area contributed by atoms with Crippen LogP contribution in [0.3, 0.4) is 0 Å². The minimum absolute atomic E-state index is 0.285. The van der Waals surface area contributed by atoms with Crippen LogP contribution in [0.15, 0.2) is 42.5 Å². The Morgan fingerprint density at radius 3 is 1.97 bits per heavy atom. The van der Waals surface area contributed by atoms with Gasteiger partial charge in [0.1, 0.15) is 11.8 Å². The van der Waals surface area contributed by atoms with E-state index in [1.54, 1.807) is 56.3 Å². The number of rotatable bonds is 8. The topological polar surface area (TPSA) is 117 Å². The minimum Gasteiger partial charge on any atom is -0.480 e. The summed E-state index contributed by atoms with van der Waals surface area (Å²) in [5.41, 5.74) is -0.398. The molecule has 0 heterocycles. The molecule has 3 amide bonds. The molecule has 0 saturated heterocycles. The molecule has 10 heteroatoms. The Balaban J connectivity index is 1.98. The predicted octanol–water partition coefficient (Wildman–Crippen LogP) is 5.02. The van der Waals surface area contributed by atoms with Gasteiger partial charge in [-0.1, -0.05) is 37.0 Å². The molecule has 32 heavy (non-hydrogen) atoms. The van der Waals surface area contributed by atoms with Gasteiger partial charge in [-0.05, 0) is 62.2 Å². The van der Waals surface area contributed by atoms with E-state index < -0.39 is 29.6 Å². The van der Waals surface area contributed by atoms with E-state index in [1.165, 1.54) is 13.8 Å². The molecule has 1 atom stereocenters. The molecule has 2 aromatic rings. The smallest absolute Gasteiger partial charge is 0.326 e. The van der Waals surface area contributed by atoms with Gasteiger partial charge < -0.3 is 25.8 Å². The van der Waals surface area contributed by atoms with E-state index in [9.17, 15) is 19.5 Å². The van der Waals surface area contributed by atoms with Crippen LogP contribution in [-0.2, 0) is 9.59 Å². The maximum Gasteiger partial charge on any atom is 0.326 e. The Hall–Kier alpha value is -2.97. The zero-order valence-electron chi connectivity index (χ0n) is 18.0. The Bertz CT molecular complexity index is 973. The third-order valence-corrected chi connectivity index (χ3v) is 4.81. The summed E-state index contributed by atoms with van der Waals surface area (Å²) >= 11 is 11.8. The number of ether oxygens (including phenoxy) is 1. The summed E-state index contributed by atoms with van der Waals surface area (Å²) in [6.07, 6.45) is 0. The first-order chi connectivity index (χ1) is 14.9. The van der Waals surface area contributed by atoms with Crippen LogP contribution in [0.4, 0.5) is 16.2 Å². The summed E-state index contributed by atoms with van der Waals surface area (Å²) in [5, 5.41) is 17.8. The molecule has 0 aliphatic heterocycles. The van der Waals surface area contributed by atoms with Crippen molar-refractivity contribution in [2.45, 2.75) is 39.3 Å². The first-order valence-electron chi connectivity index (χ1n) is 9.74. The number of carboxylic acids is 1. The largest absolute Gasteiger partial charge is 0.480 e. The summed E-state index contributed by atoms with van der Waals surface area (Å²) in [7, 11) is 0. The second-order valence-electron chi connectivity index (χ2n) is 7.91. The van der Waals surface area contributed by atoms with E-state index in [1.807, 2.05) is 0 Å². The number of nitrogens with one attached hydrogen (secondary N) is 3. The molecule has 2 aromatic carbocycles. The van der Waals surface area contributed by atoms with Crippen LogP contribution < -0.4 is 20.7 Å². The number of carboxylic acid groups (broad SMARTS) is 1. The number of halogens is 2. The summed E-state index contributed by atoms with van der Waals surface area (Å²) in [5.74, 6) is -1.58. The van der Waals surface area contributed by atoms with Crippen molar-refractivity contribution in [3.05, 3.63) is 52.5 Å². The zero-order chi connectivity index (χ0) is 24.1. The molecule has 172 valence electrons. The molecule has 8 nitrogen and oxygen atoms in total. The number of hydrogen-bond acceptors (Lipinski definition) is 4. The van der Waals surface area contributed by atoms with Gasteiger partial charge in [0.2, 0.25) is 0 Å². The fourth-order valence-corrected chi connectivity index (χ4v) is 3.22. The van der Waals surface area contributed by atoms with E-state index in [2.05, 4.69) is 16.0 Å². The van der Waals surface area contributed by atoms with Crippen LogP contribution in [-0.4, -0.2) is 34.7 Å². The maximum absolute atomic E-state index is 12.5. The van der Waals surface area contributed by atoms with Gasteiger partial charge in [-0.15, -0.1) is 0 Å². The van der Waals surface area contributed by atoms with Crippen LogP contribution in [0.25, 0.3) is 0 Å². The normalized spacial score (nSPS) is 12.1. The highest BCUT2D eigenvalue weighted by molar-refractivity contribution is 6.35. The molecule has 0 fully saturated rings. The third-order valence-electron chi connectivity index (χ3n) is 4.37. The minimum atomic E-state index is -1.32. The fourth-order valence-electron chi connectivity index (χ4n) is 2.70. The number of carbonyl (C=O) groups is 3. The van der Waals surface area contributed by atoms with Crippen LogP contribution in [0.5, 0.6) is 5.75 Å². The van der Waals surface area contributed by atoms with Gasteiger partial charge in [0, 0.05) is 21.4 Å². The van der Waals surface area contributed by atoms with E-state index in [0.717, 1.165) is 0 Å². The highest BCUT2D eigenvalue weighted by Crippen LogP contribution is 2.24. The Labute approximate surface area is 196 Å². The number of carbonyl (C=O) groups excluding carboxylic acids is 2. The molecule has 4 N–H and O–H groups in total. The second-order valence-corrected chi connectivity index (χ2v) is 8.78. The Morgan fingerprint density at radius 1 is 0.938 bits per heavy atom. The van der Waals surface area contributed by atoms with Gasteiger partial charge in [0.15, 0.2) is 5.60 Å². The average molecular weight is 482 g/mol. The van der Waals surface area contributed by atoms with Crippen molar-refractivity contribution < 1.29 is 24.2 Å². The van der Waals surface area contributed by atoms with Gasteiger partial charge in [0.05, 0.1) is 0 Å². The van der Waals surface area contributed by atoms with Crippen molar-refractivity contribution in [2.24, 2.45) is 5.92 Å². The molecule has 0 bridgehead atoms. The lowest BCUT2D eigenvalue weighted by Gasteiger charge is -2.28. The number of anilines is 2. The van der Waals surface area contributed by atoms with Gasteiger partial charge >= 0.3 is 12.0 Å². The van der Waals surface area contributed by atoms with E-state index >= 15 is 0 Å². The standard InChI is InChI=1S/C22H25Cl2N3O5/c1-12(2)18(19(28)29)27-20(30)22(3,4)32-17-7-5-15(6-8-17)25-21(31)26-16-10-13(23)9-14(24)11-16/h5-12,18H,1-4H3,(H,27,30)(H,28,29)(H2,25,26,31). The van der Waals surface area contributed by atoms with Gasteiger partial charge in [0.25, 0.3) is 5.91 Å². The fraction of sp³-hybridized carbons (Fsp3) is 0.318. The Kier molecular flexibility index (Phi) is 8.35. The average Bonchev–Trinajstić information content (AvgIpc) is 2.65. The number of urea groups is 1. The van der Waals surface area contributed by atoms with Gasteiger partial charge in [-0.25, -0.2) is 9.59 Å². The summed E-state index contributed by atoms with van der Waals surface area (Å²) in [6, 6.07) is 9.52. The number of aliphatic carboxylic acids is 1. The molecule has 1 unspecified atom stereocenters. The van der Waals surface area contributed by atoms with Gasteiger partial charge in [-0.2, -0.15) is 0 Å². The molecule has 2 rings (SSSR count). The van der Waals surface area contributed by atoms with Crippen LogP contribution >= 0.6 is 23.2 Å². The monoisotopic (exact) mass is 481 g/mol. The molecule has 0 spiro atoms. The van der Waals surface area contributed by atoms with E-state index in [-0.39, 0.29) is 5.92 Å². The molecule has 0 aliphatic carbocycles. The van der Waals surface area contributed by atoms with Crippen LogP contribution in [0.1, 0.15) is 27.7 Å². The summed E-state index contributed by atoms with van der Waals surface area (Å²) in [6.45, 7) is 6.49. The number of amides is 3. The first-order valence-corrected chi connectivity index (χ1v) is 10.5. The highest BCUT2D eigenvalue weighted by Gasteiger charge is 2.34. The number of hydrogen-bond donors (Lipinski definition) is 4. The molecule has 0 saturated carbocycles. The van der Waals surface area contributed by atoms with Crippen molar-refractivity contribution in [1.82, 2.24) is 5.32 Å². The first kappa shape index (κ1) is 25.3. The van der Waals surface area contributed by atoms with Crippen molar-refractivity contribution in [3.63, 3.8) is 0 Å². The number of benzene rings is 2. The lowest BCUT2D eigenvalue weighted by atomic mass is 10.0. The maximum atomic E-state index is 12.5. The molecule has 0 aromatic heterocycles. The highest BCUT2D eigenvalue weighted by atomic mass is 35.5. The van der Waals surface area contributed by atoms with Crippen molar-refractivity contribution in [2.75, 3.05) is 10.6 Å². The second kappa shape index (κ2) is 10.6. The summed E-state index contributed by atoms with van der Waals surface area (Å²) < 4.78 is 5.74. The van der Waals surface area contributed by atoms with Crippen LogP contribution in [0.2, 0.25) is 10.0 Å². The predicted molar refractivity (Wildman–Crippen MR) is 125 cm³/mol. The molecular weight excluding hydrogens is 457 g/mol. The van der Waals surface area contributed by atoms with Crippen molar-refractivity contribution in [1.29, 1.82) is 0 Å². The molecule has 0 aliphatic rings. The lowest BCUT2D eigenvalue weighted by molar-refractivity contribution is -0.146.